The highest BCUT2D eigenvalue weighted by Gasteiger charge is 2.44. The highest BCUT2D eigenvalue weighted by Crippen LogP contribution is 2.34. The molecule has 4 nitrogen and oxygen atoms in total. The van der Waals surface area contributed by atoms with Crippen molar-refractivity contribution in [3.8, 4) is 0 Å². The Morgan fingerprint density at radius 1 is 1.46 bits per heavy atom. The van der Waals surface area contributed by atoms with Gasteiger partial charge in [0.15, 0.2) is 0 Å². The third-order valence-electron chi connectivity index (χ3n) is 4.36. The fraction of sp³-hybridized carbons (Fsp3) is 0.333. The third-order valence-corrected chi connectivity index (χ3v) is 4.36. The van der Waals surface area contributed by atoms with Gasteiger partial charge in [0.05, 0.1) is 12.3 Å². The van der Waals surface area contributed by atoms with Gasteiger partial charge in [0, 0.05) is 24.6 Å². The topological polar surface area (TPSA) is 52.9 Å². The van der Waals surface area contributed by atoms with Gasteiger partial charge in [-0.1, -0.05) is 36.9 Å². The highest BCUT2D eigenvalue weighted by molar-refractivity contribution is 6.03. The molecule has 28 heavy (non-hydrogen) atoms. The van der Waals surface area contributed by atoms with E-state index in [2.05, 4.69) is 11.7 Å². The van der Waals surface area contributed by atoms with Gasteiger partial charge in [0.1, 0.15) is 17.6 Å². The molecule has 0 saturated carbocycles. The number of benzene rings is 1. The van der Waals surface area contributed by atoms with Crippen LogP contribution in [0.25, 0.3) is 0 Å². The standard InChI is InChI=1S/C13H15F3N2O.C8H10O/c1-13(12(15)16)6-11(17-18(13)2)10-5-9(14)4-3-8(10)7-19;1-3-5-8(7-9)6-4-2/h3-5,12,19H,6-7H2,1-2H3;3-7H,1H2,2H3/b;6-4-,8-5+. The molecule has 2 rings (SSSR count). The van der Waals surface area contributed by atoms with Gasteiger partial charge in [-0.2, -0.15) is 5.10 Å². The first-order chi connectivity index (χ1) is 13.2. The zero-order valence-electron chi connectivity index (χ0n) is 16.2. The van der Waals surface area contributed by atoms with E-state index in [1.807, 2.05) is 13.0 Å². The molecule has 1 aromatic rings. The largest absolute Gasteiger partial charge is 0.392 e. The van der Waals surface area contributed by atoms with Crippen LogP contribution in [0, 0.1) is 5.82 Å². The summed E-state index contributed by atoms with van der Waals surface area (Å²) in [7, 11) is 1.47. The summed E-state index contributed by atoms with van der Waals surface area (Å²) in [5.41, 5.74) is 0.487. The van der Waals surface area contributed by atoms with Gasteiger partial charge in [-0.25, -0.2) is 13.2 Å². The third kappa shape index (κ3) is 5.66. The molecule has 0 bridgehead atoms. The Hall–Kier alpha value is -2.67. The van der Waals surface area contributed by atoms with Gasteiger partial charge >= 0.3 is 0 Å². The molecule has 1 heterocycles. The molecule has 0 saturated heterocycles. The van der Waals surface area contributed by atoms with E-state index in [0.717, 1.165) is 6.29 Å². The van der Waals surface area contributed by atoms with Crippen LogP contribution in [-0.2, 0) is 11.4 Å². The van der Waals surface area contributed by atoms with E-state index < -0.39 is 17.8 Å². The molecule has 1 N–H and O–H groups in total. The second kappa shape index (κ2) is 10.6. The lowest BCUT2D eigenvalue weighted by Crippen LogP contribution is -2.44. The van der Waals surface area contributed by atoms with Gasteiger partial charge in [-0.05, 0) is 31.5 Å². The van der Waals surface area contributed by atoms with Gasteiger partial charge in [0.2, 0.25) is 0 Å². The number of hydrazone groups is 1. The van der Waals surface area contributed by atoms with Crippen LogP contribution in [0.1, 0.15) is 31.4 Å². The van der Waals surface area contributed by atoms with Crippen molar-refractivity contribution in [1.29, 1.82) is 0 Å². The summed E-state index contributed by atoms with van der Waals surface area (Å²) < 4.78 is 39.5. The molecule has 7 heteroatoms. The minimum Gasteiger partial charge on any atom is -0.392 e. The van der Waals surface area contributed by atoms with Crippen molar-refractivity contribution < 1.29 is 23.1 Å². The SMILES string of the molecule is C=C/C=C(C=O)\C=C/C.CN1N=C(c2cc(F)ccc2CO)CC1(C)C(F)F. The second-order valence-electron chi connectivity index (χ2n) is 6.38. The summed E-state index contributed by atoms with van der Waals surface area (Å²) in [6, 6.07) is 3.88. The maximum atomic E-state index is 13.3. The van der Waals surface area contributed by atoms with Crippen LogP contribution in [-0.4, -0.2) is 41.1 Å². The van der Waals surface area contributed by atoms with Crippen LogP contribution in [0.15, 0.2) is 59.8 Å². The first-order valence-electron chi connectivity index (χ1n) is 8.63. The summed E-state index contributed by atoms with van der Waals surface area (Å²) in [6.07, 6.45) is 5.03. The van der Waals surface area contributed by atoms with E-state index in [1.54, 1.807) is 18.2 Å². The Balaban J connectivity index is 0.000000370. The summed E-state index contributed by atoms with van der Waals surface area (Å²) in [6.45, 7) is 6.44. The van der Waals surface area contributed by atoms with Crippen LogP contribution in [0.2, 0.25) is 0 Å². The van der Waals surface area contributed by atoms with Crippen LogP contribution in [0.4, 0.5) is 13.2 Å². The lowest BCUT2D eigenvalue weighted by Gasteiger charge is -2.30. The van der Waals surface area contributed by atoms with Crippen molar-refractivity contribution in [3.05, 3.63) is 71.6 Å². The molecule has 1 aliphatic rings. The molecule has 0 spiro atoms. The van der Waals surface area contributed by atoms with E-state index in [1.165, 1.54) is 37.2 Å². The zero-order valence-corrected chi connectivity index (χ0v) is 16.2. The number of aliphatic hydroxyl groups is 1. The molecular weight excluding hydrogens is 369 g/mol. The molecular formula is C21H25F3N2O2. The molecule has 1 unspecified atom stereocenters. The van der Waals surface area contributed by atoms with E-state index >= 15 is 0 Å². The monoisotopic (exact) mass is 394 g/mol. The number of hydrogen-bond acceptors (Lipinski definition) is 4. The Morgan fingerprint density at radius 3 is 2.61 bits per heavy atom. The zero-order chi connectivity index (χ0) is 21.3. The van der Waals surface area contributed by atoms with Crippen molar-refractivity contribution in [1.82, 2.24) is 5.01 Å². The average molecular weight is 394 g/mol. The second-order valence-corrected chi connectivity index (χ2v) is 6.38. The minimum absolute atomic E-state index is 0.0115. The Kier molecular flexibility index (Phi) is 8.85. The maximum Gasteiger partial charge on any atom is 0.263 e. The number of hydrogen-bond donors (Lipinski definition) is 1. The molecule has 1 aromatic carbocycles. The highest BCUT2D eigenvalue weighted by atomic mass is 19.3. The number of carbonyl (C=O) groups is 1. The number of aldehydes is 1. The lowest BCUT2D eigenvalue weighted by atomic mass is 9.91. The van der Waals surface area contributed by atoms with Crippen molar-refractivity contribution >= 4 is 12.0 Å². The van der Waals surface area contributed by atoms with Crippen LogP contribution >= 0.6 is 0 Å². The maximum absolute atomic E-state index is 13.3. The summed E-state index contributed by atoms with van der Waals surface area (Å²) >= 11 is 0. The van der Waals surface area contributed by atoms with Gasteiger partial charge in [-0.15, -0.1) is 0 Å². The normalized spacial score (nSPS) is 19.5. The quantitative estimate of drug-likeness (QED) is 0.446. The van der Waals surface area contributed by atoms with Crippen LogP contribution < -0.4 is 0 Å². The van der Waals surface area contributed by atoms with E-state index in [0.29, 0.717) is 22.4 Å². The van der Waals surface area contributed by atoms with Crippen molar-refractivity contribution in [2.75, 3.05) is 7.05 Å². The molecule has 0 amide bonds. The Labute approximate surface area is 163 Å². The predicted molar refractivity (Wildman–Crippen MR) is 105 cm³/mol. The number of alkyl halides is 2. The van der Waals surface area contributed by atoms with Gasteiger partial charge in [0.25, 0.3) is 6.43 Å². The number of halogens is 3. The minimum atomic E-state index is -2.56. The average Bonchev–Trinajstić information content (AvgIpc) is 2.98. The summed E-state index contributed by atoms with van der Waals surface area (Å²) in [5.74, 6) is -0.483. The van der Waals surface area contributed by atoms with Crippen LogP contribution in [0.5, 0.6) is 0 Å². The van der Waals surface area contributed by atoms with Crippen LogP contribution in [0.3, 0.4) is 0 Å². The predicted octanol–water partition coefficient (Wildman–Crippen LogP) is 4.26. The smallest absolute Gasteiger partial charge is 0.263 e. The summed E-state index contributed by atoms with van der Waals surface area (Å²) in [5, 5.41) is 14.5. The molecule has 0 aliphatic carbocycles. The van der Waals surface area contributed by atoms with Gasteiger partial charge < -0.3 is 5.11 Å². The van der Waals surface area contributed by atoms with E-state index in [-0.39, 0.29) is 13.0 Å². The lowest BCUT2D eigenvalue weighted by molar-refractivity contribution is -0.104. The summed E-state index contributed by atoms with van der Waals surface area (Å²) in [4.78, 5) is 10.1. The van der Waals surface area contributed by atoms with E-state index in [9.17, 15) is 23.1 Å². The molecule has 152 valence electrons. The molecule has 0 aromatic heterocycles. The van der Waals surface area contributed by atoms with Crippen molar-refractivity contribution in [2.45, 2.75) is 38.8 Å². The molecule has 0 radical (unpaired) electrons. The molecule has 1 aliphatic heterocycles. The van der Waals surface area contributed by atoms with Gasteiger partial charge in [-0.3, -0.25) is 9.80 Å². The number of nitrogens with zero attached hydrogens (tertiary/aromatic N) is 2. The number of aliphatic hydroxyl groups excluding tert-OH is 1. The number of rotatable bonds is 6. The molecule has 1 atom stereocenters. The Morgan fingerprint density at radius 2 is 2.14 bits per heavy atom. The number of allylic oxidation sites excluding steroid dienone is 5. The molecule has 0 fully saturated rings. The first kappa shape index (κ1) is 23.4. The number of carbonyl (C=O) groups excluding carboxylic acids is 1. The Bertz CT molecular complexity index is 788. The van der Waals surface area contributed by atoms with Crippen molar-refractivity contribution in [2.24, 2.45) is 5.10 Å². The van der Waals surface area contributed by atoms with E-state index in [4.69, 9.17) is 0 Å². The first-order valence-corrected chi connectivity index (χ1v) is 8.63. The fourth-order valence-corrected chi connectivity index (χ4v) is 2.57. The van der Waals surface area contributed by atoms with Crippen molar-refractivity contribution in [3.63, 3.8) is 0 Å². The fourth-order valence-electron chi connectivity index (χ4n) is 2.57.